The first-order valence-corrected chi connectivity index (χ1v) is 3.51. The molecule has 1 N–H and O–H groups in total. The lowest BCUT2D eigenvalue weighted by Gasteiger charge is -2.03. The topological polar surface area (TPSA) is 41.5 Å². The van der Waals surface area contributed by atoms with Crippen LogP contribution in [0.15, 0.2) is 28.9 Å². The number of thiocarbonyl (C=S) groups is 1. The van der Waals surface area contributed by atoms with Gasteiger partial charge >= 0.3 is 6.03 Å². The first kappa shape index (κ1) is 6.42. The summed E-state index contributed by atoms with van der Waals surface area (Å²) < 4.78 is 0. The molecule has 0 atom stereocenters. The summed E-state index contributed by atoms with van der Waals surface area (Å²) in [7, 11) is 0. The Balaban J connectivity index is 2.52. The number of carbonyl (C=O) groups excluding carboxylic acids is 1. The molecule has 1 aliphatic heterocycles. The monoisotopic (exact) mass is 164 g/mol. The maximum atomic E-state index is 10.7. The molecule has 0 fully saturated rings. The first-order valence-electron chi connectivity index (χ1n) is 3.10. The molecule has 54 valence electrons. The fourth-order valence-corrected chi connectivity index (χ4v) is 1.22. The smallest absolute Gasteiger partial charge is 0.304 e. The molecule has 4 heteroatoms. The van der Waals surface area contributed by atoms with Crippen molar-refractivity contribution in [1.82, 2.24) is 5.32 Å². The molecule has 0 unspecified atom stereocenters. The van der Waals surface area contributed by atoms with Crippen LogP contribution in [0.3, 0.4) is 0 Å². The van der Waals surface area contributed by atoms with Crippen LogP contribution in [0, 0.1) is 0 Å². The van der Waals surface area contributed by atoms with Gasteiger partial charge in [-0.2, -0.15) is 4.99 Å². The van der Waals surface area contributed by atoms with Gasteiger partial charge in [0.15, 0.2) is 0 Å². The molecule has 0 aromatic carbocycles. The second-order valence-corrected chi connectivity index (χ2v) is 2.63. The van der Waals surface area contributed by atoms with E-state index in [2.05, 4.69) is 10.3 Å². The molecule has 0 aromatic heterocycles. The normalized spacial score (nSPS) is 20.7. The van der Waals surface area contributed by atoms with E-state index in [4.69, 9.17) is 12.2 Å². The quantitative estimate of drug-likeness (QED) is 0.542. The summed E-state index contributed by atoms with van der Waals surface area (Å²) in [5.74, 6) is 0. The Morgan fingerprint density at radius 2 is 2.36 bits per heavy atom. The third kappa shape index (κ3) is 0.914. The Bertz CT molecular complexity index is 338. The fraction of sp³-hybridized carbons (Fsp3) is 0. The highest BCUT2D eigenvalue weighted by Gasteiger charge is 2.22. The van der Waals surface area contributed by atoms with Gasteiger partial charge in [-0.3, -0.25) is 0 Å². The highest BCUT2D eigenvalue weighted by molar-refractivity contribution is 7.82. The van der Waals surface area contributed by atoms with Crippen molar-refractivity contribution in [2.24, 2.45) is 4.99 Å². The predicted octanol–water partition coefficient (Wildman–Crippen LogP) is 0.974. The Kier molecular flexibility index (Phi) is 1.22. The molecular weight excluding hydrogens is 160 g/mol. The van der Waals surface area contributed by atoms with Gasteiger partial charge < -0.3 is 5.32 Å². The van der Waals surface area contributed by atoms with Gasteiger partial charge in [0.2, 0.25) is 0 Å². The van der Waals surface area contributed by atoms with E-state index < -0.39 is 0 Å². The van der Waals surface area contributed by atoms with E-state index in [1.54, 1.807) is 18.2 Å². The summed E-state index contributed by atoms with van der Waals surface area (Å²) in [6.45, 7) is 0. The molecule has 2 amide bonds. The molecule has 1 aliphatic carbocycles. The Morgan fingerprint density at radius 3 is 3.09 bits per heavy atom. The van der Waals surface area contributed by atoms with Crippen LogP contribution in [0.5, 0.6) is 0 Å². The molecule has 1 heterocycles. The van der Waals surface area contributed by atoms with E-state index in [-0.39, 0.29) is 6.03 Å². The van der Waals surface area contributed by atoms with Crippen LogP contribution in [0.25, 0.3) is 0 Å². The summed E-state index contributed by atoms with van der Waals surface area (Å²) in [6, 6.07) is -0.336. The molecule has 0 saturated heterocycles. The van der Waals surface area contributed by atoms with Gasteiger partial charge in [-0.25, -0.2) is 4.79 Å². The largest absolute Gasteiger partial charge is 0.346 e. The molecule has 11 heavy (non-hydrogen) atoms. The molecule has 0 aromatic rings. The van der Waals surface area contributed by atoms with Crippen molar-refractivity contribution in [3.63, 3.8) is 0 Å². The van der Waals surface area contributed by atoms with Crippen LogP contribution in [-0.2, 0) is 0 Å². The minimum atomic E-state index is -0.336. The van der Waals surface area contributed by atoms with E-state index >= 15 is 0 Å². The Labute approximate surface area is 68.5 Å². The minimum Gasteiger partial charge on any atom is -0.304 e. The van der Waals surface area contributed by atoms with Crippen LogP contribution in [-0.4, -0.2) is 16.6 Å². The van der Waals surface area contributed by atoms with Crippen molar-refractivity contribution >= 4 is 28.8 Å². The molecular formula is C7H4N2OS. The van der Waals surface area contributed by atoms with Gasteiger partial charge in [0.05, 0.1) is 10.6 Å². The zero-order valence-electron chi connectivity index (χ0n) is 5.50. The van der Waals surface area contributed by atoms with E-state index in [0.29, 0.717) is 16.3 Å². The van der Waals surface area contributed by atoms with E-state index in [0.717, 1.165) is 0 Å². The average molecular weight is 164 g/mol. The summed E-state index contributed by atoms with van der Waals surface area (Å²) in [6.07, 6.45) is 5.32. The molecule has 0 radical (unpaired) electrons. The number of nitrogens with zero attached hydrogens (tertiary/aromatic N) is 1. The van der Waals surface area contributed by atoms with Crippen molar-refractivity contribution in [3.05, 3.63) is 23.9 Å². The Morgan fingerprint density at radius 1 is 1.55 bits per heavy atom. The Hall–Kier alpha value is -1.29. The molecule has 2 rings (SSSR count). The van der Waals surface area contributed by atoms with Gasteiger partial charge in [0.25, 0.3) is 0 Å². The van der Waals surface area contributed by atoms with Crippen LogP contribution >= 0.6 is 12.2 Å². The van der Waals surface area contributed by atoms with Crippen LogP contribution < -0.4 is 5.32 Å². The lowest BCUT2D eigenvalue weighted by molar-refractivity contribution is 0.253. The zero-order chi connectivity index (χ0) is 7.84. The number of hydrogen-bond donors (Lipinski definition) is 1. The lowest BCUT2D eigenvalue weighted by atomic mass is 10.1. The number of nitrogens with one attached hydrogen (secondary N) is 1. The third-order valence-corrected chi connectivity index (χ3v) is 1.78. The van der Waals surface area contributed by atoms with Crippen molar-refractivity contribution in [2.45, 2.75) is 0 Å². The fourth-order valence-electron chi connectivity index (χ4n) is 0.983. The number of fused-ring (bicyclic) bond motifs is 1. The second kappa shape index (κ2) is 2.10. The number of hydrogen-bond acceptors (Lipinski definition) is 2. The summed E-state index contributed by atoms with van der Waals surface area (Å²) in [5.41, 5.74) is 1.30. The van der Waals surface area contributed by atoms with Crippen molar-refractivity contribution in [2.75, 3.05) is 0 Å². The molecule has 0 spiro atoms. The highest BCUT2D eigenvalue weighted by Crippen LogP contribution is 2.10. The van der Waals surface area contributed by atoms with Crippen LogP contribution in [0.2, 0.25) is 0 Å². The van der Waals surface area contributed by atoms with Crippen molar-refractivity contribution in [1.29, 1.82) is 0 Å². The summed E-state index contributed by atoms with van der Waals surface area (Å²) in [5, 5.41) is 2.57. The van der Waals surface area contributed by atoms with Gasteiger partial charge in [-0.05, 0) is 12.2 Å². The van der Waals surface area contributed by atoms with E-state index in [1.807, 2.05) is 0 Å². The number of allylic oxidation sites excluding steroid dienone is 4. The lowest BCUT2D eigenvalue weighted by Crippen LogP contribution is -2.19. The standard InChI is InChI=1S/C7H4N2OS/c10-7-8-4-2-1-3-5(11)6(4)9-7/h1-3H,(H,8,10). The number of urea groups is 1. The third-order valence-electron chi connectivity index (χ3n) is 1.45. The number of carbonyl (C=O) groups is 1. The molecule has 3 nitrogen and oxygen atoms in total. The van der Waals surface area contributed by atoms with E-state index in [9.17, 15) is 4.79 Å². The van der Waals surface area contributed by atoms with Gasteiger partial charge in [-0.1, -0.05) is 18.3 Å². The maximum Gasteiger partial charge on any atom is 0.346 e. The average Bonchev–Trinajstić information content (AvgIpc) is 2.31. The molecule has 2 aliphatic rings. The van der Waals surface area contributed by atoms with Gasteiger partial charge in [0, 0.05) is 0 Å². The zero-order valence-corrected chi connectivity index (χ0v) is 6.31. The molecule has 0 bridgehead atoms. The van der Waals surface area contributed by atoms with Crippen molar-refractivity contribution < 1.29 is 4.79 Å². The van der Waals surface area contributed by atoms with Crippen LogP contribution in [0.4, 0.5) is 4.79 Å². The van der Waals surface area contributed by atoms with Crippen LogP contribution in [0.1, 0.15) is 0 Å². The summed E-state index contributed by atoms with van der Waals surface area (Å²) >= 11 is 4.95. The number of aliphatic imine (C=N–C) groups is 1. The van der Waals surface area contributed by atoms with Gasteiger partial charge in [0.1, 0.15) is 5.71 Å². The second-order valence-electron chi connectivity index (χ2n) is 2.19. The highest BCUT2D eigenvalue weighted by atomic mass is 32.1. The minimum absolute atomic E-state index is 0.336. The molecule has 0 saturated carbocycles. The predicted molar refractivity (Wildman–Crippen MR) is 45.8 cm³/mol. The van der Waals surface area contributed by atoms with E-state index in [1.165, 1.54) is 0 Å². The first-order chi connectivity index (χ1) is 5.27. The number of rotatable bonds is 0. The maximum absolute atomic E-state index is 10.7. The van der Waals surface area contributed by atoms with Gasteiger partial charge in [-0.15, -0.1) is 0 Å². The number of amides is 2. The SMILES string of the molecule is O=C1N=C2C(=S)C=CC=C2N1. The summed E-state index contributed by atoms with van der Waals surface area (Å²) in [4.78, 5) is 15.0. The van der Waals surface area contributed by atoms with Crippen molar-refractivity contribution in [3.8, 4) is 0 Å².